The van der Waals surface area contributed by atoms with Crippen molar-refractivity contribution in [2.45, 2.75) is 20.3 Å². The Morgan fingerprint density at radius 1 is 1.32 bits per heavy atom. The van der Waals surface area contributed by atoms with Gasteiger partial charge in [0.1, 0.15) is 0 Å². The van der Waals surface area contributed by atoms with Gasteiger partial charge in [-0.2, -0.15) is 5.26 Å². The highest BCUT2D eigenvalue weighted by Crippen LogP contribution is 2.40. The summed E-state index contributed by atoms with van der Waals surface area (Å²) in [4.78, 5) is 2.33. The summed E-state index contributed by atoms with van der Waals surface area (Å²) >= 11 is 0. The molecule has 1 atom stereocenters. The molecular formula is C15H18N2O2. The molecule has 2 aliphatic rings. The zero-order valence-corrected chi connectivity index (χ0v) is 11.3. The van der Waals surface area contributed by atoms with Crippen LogP contribution >= 0.6 is 0 Å². The van der Waals surface area contributed by atoms with Gasteiger partial charge in [0.05, 0.1) is 12.0 Å². The maximum absolute atomic E-state index is 9.21. The van der Waals surface area contributed by atoms with Gasteiger partial charge in [0.2, 0.25) is 6.79 Å². The fourth-order valence-corrected chi connectivity index (χ4v) is 2.90. The molecule has 1 unspecified atom stereocenters. The minimum atomic E-state index is 0.0172. The summed E-state index contributed by atoms with van der Waals surface area (Å²) in [6.45, 7) is 6.45. The Kier molecular flexibility index (Phi) is 2.78. The van der Waals surface area contributed by atoms with Crippen molar-refractivity contribution in [3.05, 3.63) is 18.2 Å². The molecule has 1 saturated heterocycles. The highest BCUT2D eigenvalue weighted by molar-refractivity contribution is 5.57. The Morgan fingerprint density at radius 2 is 2.11 bits per heavy atom. The molecule has 100 valence electrons. The van der Waals surface area contributed by atoms with Gasteiger partial charge in [-0.15, -0.1) is 0 Å². The molecule has 19 heavy (non-hydrogen) atoms. The van der Waals surface area contributed by atoms with Crippen LogP contribution in [-0.4, -0.2) is 19.9 Å². The lowest BCUT2D eigenvalue weighted by molar-refractivity contribution is 0.174. The predicted octanol–water partition coefficient (Wildman–Crippen LogP) is 2.79. The van der Waals surface area contributed by atoms with Crippen LogP contribution in [0.15, 0.2) is 18.2 Å². The second kappa shape index (κ2) is 4.34. The largest absolute Gasteiger partial charge is 0.454 e. The number of hydrogen-bond acceptors (Lipinski definition) is 4. The zero-order valence-electron chi connectivity index (χ0n) is 11.3. The van der Waals surface area contributed by atoms with E-state index in [1.807, 2.05) is 12.1 Å². The van der Waals surface area contributed by atoms with Crippen LogP contribution in [0.4, 0.5) is 5.69 Å². The smallest absolute Gasteiger partial charge is 0.231 e. The molecule has 0 spiro atoms. The van der Waals surface area contributed by atoms with Gasteiger partial charge in [0.15, 0.2) is 11.5 Å². The zero-order chi connectivity index (χ0) is 13.5. The van der Waals surface area contributed by atoms with E-state index in [0.717, 1.165) is 36.7 Å². The van der Waals surface area contributed by atoms with Crippen LogP contribution < -0.4 is 14.4 Å². The molecule has 0 aromatic heterocycles. The fraction of sp³-hybridized carbons (Fsp3) is 0.533. The number of piperidine rings is 1. The molecule has 0 N–H and O–H groups in total. The van der Waals surface area contributed by atoms with Crippen LogP contribution in [0.2, 0.25) is 0 Å². The highest BCUT2D eigenvalue weighted by Gasteiger charge is 2.36. The Morgan fingerprint density at radius 3 is 2.84 bits per heavy atom. The number of benzene rings is 1. The van der Waals surface area contributed by atoms with E-state index in [-0.39, 0.29) is 11.3 Å². The van der Waals surface area contributed by atoms with Crippen LogP contribution in [0.3, 0.4) is 0 Å². The van der Waals surface area contributed by atoms with Crippen molar-refractivity contribution in [1.29, 1.82) is 5.26 Å². The van der Waals surface area contributed by atoms with Crippen molar-refractivity contribution in [2.75, 3.05) is 24.8 Å². The number of hydrogen-bond donors (Lipinski definition) is 0. The normalized spacial score (nSPS) is 24.1. The Hall–Kier alpha value is -1.89. The Labute approximate surface area is 113 Å². The van der Waals surface area contributed by atoms with Crippen LogP contribution in [0.5, 0.6) is 11.5 Å². The van der Waals surface area contributed by atoms with Gasteiger partial charge in [-0.25, -0.2) is 0 Å². The van der Waals surface area contributed by atoms with Crippen LogP contribution in [0, 0.1) is 22.7 Å². The second-order valence-electron chi connectivity index (χ2n) is 5.92. The molecule has 3 rings (SSSR count). The van der Waals surface area contributed by atoms with E-state index in [1.54, 1.807) is 0 Å². The SMILES string of the molecule is CC1(C)CN(c2ccc3c(c2)OCO3)CCC1C#N. The van der Waals surface area contributed by atoms with E-state index in [1.165, 1.54) is 0 Å². The highest BCUT2D eigenvalue weighted by atomic mass is 16.7. The van der Waals surface area contributed by atoms with Crippen LogP contribution in [0.1, 0.15) is 20.3 Å². The summed E-state index contributed by atoms with van der Waals surface area (Å²) < 4.78 is 10.8. The summed E-state index contributed by atoms with van der Waals surface area (Å²) in [6, 6.07) is 8.49. The number of nitrogens with zero attached hydrogens (tertiary/aromatic N) is 2. The molecule has 0 radical (unpaired) electrons. The molecule has 0 amide bonds. The topological polar surface area (TPSA) is 45.5 Å². The first-order chi connectivity index (χ1) is 9.10. The van der Waals surface area contributed by atoms with E-state index in [4.69, 9.17) is 9.47 Å². The van der Waals surface area contributed by atoms with Gasteiger partial charge < -0.3 is 14.4 Å². The first-order valence-corrected chi connectivity index (χ1v) is 6.64. The first-order valence-electron chi connectivity index (χ1n) is 6.64. The van der Waals surface area contributed by atoms with Crippen molar-refractivity contribution in [2.24, 2.45) is 11.3 Å². The number of nitriles is 1. The molecule has 1 aromatic carbocycles. The minimum absolute atomic E-state index is 0.0172. The number of rotatable bonds is 1. The van der Waals surface area contributed by atoms with E-state index in [9.17, 15) is 5.26 Å². The third kappa shape index (κ3) is 2.10. The lowest BCUT2D eigenvalue weighted by Crippen LogP contribution is -2.45. The Balaban J connectivity index is 1.82. The molecule has 4 nitrogen and oxygen atoms in total. The first kappa shape index (κ1) is 12.2. The lowest BCUT2D eigenvalue weighted by Gasteiger charge is -2.42. The minimum Gasteiger partial charge on any atom is -0.454 e. The lowest BCUT2D eigenvalue weighted by atomic mass is 9.74. The number of fused-ring (bicyclic) bond motifs is 1. The fourth-order valence-electron chi connectivity index (χ4n) is 2.90. The summed E-state index contributed by atoms with van der Waals surface area (Å²) in [5, 5.41) is 9.21. The van der Waals surface area contributed by atoms with Gasteiger partial charge in [0.25, 0.3) is 0 Å². The van der Waals surface area contributed by atoms with Gasteiger partial charge in [-0.05, 0) is 24.0 Å². The summed E-state index contributed by atoms with van der Waals surface area (Å²) in [5.41, 5.74) is 1.16. The summed E-state index contributed by atoms with van der Waals surface area (Å²) in [7, 11) is 0. The predicted molar refractivity (Wildman–Crippen MR) is 72.3 cm³/mol. The molecule has 0 saturated carbocycles. The maximum Gasteiger partial charge on any atom is 0.231 e. The van der Waals surface area contributed by atoms with E-state index in [2.05, 4.69) is 30.9 Å². The average molecular weight is 258 g/mol. The third-order valence-electron chi connectivity index (χ3n) is 4.11. The van der Waals surface area contributed by atoms with Gasteiger partial charge >= 0.3 is 0 Å². The molecule has 0 aliphatic carbocycles. The van der Waals surface area contributed by atoms with Crippen LogP contribution in [0.25, 0.3) is 0 Å². The molecule has 1 aromatic rings. The van der Waals surface area contributed by atoms with Crippen molar-refractivity contribution in [1.82, 2.24) is 0 Å². The molecule has 0 bridgehead atoms. The molecule has 4 heteroatoms. The standard InChI is InChI=1S/C15H18N2O2/c1-15(2)9-17(6-5-11(15)8-16)12-3-4-13-14(7-12)19-10-18-13/h3-4,7,11H,5-6,9-10H2,1-2H3. The Bertz CT molecular complexity index is 533. The van der Waals surface area contributed by atoms with Crippen molar-refractivity contribution in [3.63, 3.8) is 0 Å². The van der Waals surface area contributed by atoms with Gasteiger partial charge in [-0.3, -0.25) is 0 Å². The summed E-state index contributed by atoms with van der Waals surface area (Å²) in [5.74, 6) is 1.77. The quantitative estimate of drug-likeness (QED) is 0.777. The molecular weight excluding hydrogens is 240 g/mol. The molecule has 1 fully saturated rings. The van der Waals surface area contributed by atoms with Gasteiger partial charge in [0, 0.05) is 24.8 Å². The second-order valence-corrected chi connectivity index (χ2v) is 5.92. The van der Waals surface area contributed by atoms with Gasteiger partial charge in [-0.1, -0.05) is 13.8 Å². The third-order valence-corrected chi connectivity index (χ3v) is 4.11. The van der Waals surface area contributed by atoms with E-state index >= 15 is 0 Å². The van der Waals surface area contributed by atoms with Crippen molar-refractivity contribution >= 4 is 5.69 Å². The van der Waals surface area contributed by atoms with Crippen molar-refractivity contribution in [3.8, 4) is 17.6 Å². The maximum atomic E-state index is 9.21. The number of anilines is 1. The average Bonchev–Trinajstić information content (AvgIpc) is 2.84. The monoisotopic (exact) mass is 258 g/mol. The summed E-state index contributed by atoms with van der Waals surface area (Å²) in [6.07, 6.45) is 0.915. The van der Waals surface area contributed by atoms with Crippen molar-refractivity contribution < 1.29 is 9.47 Å². The number of ether oxygens (including phenoxy) is 2. The van der Waals surface area contributed by atoms with E-state index in [0.29, 0.717) is 6.79 Å². The van der Waals surface area contributed by atoms with E-state index < -0.39 is 0 Å². The molecule has 2 heterocycles. The molecule has 2 aliphatic heterocycles. The van der Waals surface area contributed by atoms with Crippen LogP contribution in [-0.2, 0) is 0 Å².